The van der Waals surface area contributed by atoms with Crippen molar-refractivity contribution in [3.05, 3.63) is 23.3 Å². The first-order valence-corrected chi connectivity index (χ1v) is 6.76. The number of rotatable bonds is 3. The summed E-state index contributed by atoms with van der Waals surface area (Å²) >= 11 is 0. The highest BCUT2D eigenvalue weighted by atomic mass is 16.5. The standard InChI is InChI=1S/C14H17BO4/c1-8-5-10(16)6-11-14(8)13(19-15(11)18)7-12(17)9-3-2-4-9/h5-6,9,13,16,18H,2-4,7H2,1H3. The van der Waals surface area contributed by atoms with E-state index in [4.69, 9.17) is 4.65 Å². The molecular formula is C14H17BO4. The van der Waals surface area contributed by atoms with Gasteiger partial charge in [0.25, 0.3) is 0 Å². The Kier molecular flexibility index (Phi) is 3.11. The zero-order chi connectivity index (χ0) is 13.6. The fourth-order valence-corrected chi connectivity index (χ4v) is 2.98. The van der Waals surface area contributed by atoms with E-state index in [0.717, 1.165) is 30.4 Å². The number of fused-ring (bicyclic) bond motifs is 1. The lowest BCUT2D eigenvalue weighted by molar-refractivity contribution is -0.126. The van der Waals surface area contributed by atoms with Gasteiger partial charge in [0.15, 0.2) is 0 Å². The predicted molar refractivity (Wildman–Crippen MR) is 71.2 cm³/mol. The van der Waals surface area contributed by atoms with Crippen LogP contribution in [0.25, 0.3) is 0 Å². The van der Waals surface area contributed by atoms with Crippen LogP contribution in [0.15, 0.2) is 12.1 Å². The fraction of sp³-hybridized carbons (Fsp3) is 0.500. The average Bonchev–Trinajstić information content (AvgIpc) is 2.52. The number of phenols is 1. The fourth-order valence-electron chi connectivity index (χ4n) is 2.98. The second kappa shape index (κ2) is 4.65. The van der Waals surface area contributed by atoms with E-state index in [1.165, 1.54) is 6.07 Å². The molecule has 3 rings (SSSR count). The van der Waals surface area contributed by atoms with E-state index in [1.807, 2.05) is 6.92 Å². The van der Waals surface area contributed by atoms with Gasteiger partial charge >= 0.3 is 7.12 Å². The van der Waals surface area contributed by atoms with Gasteiger partial charge in [-0.3, -0.25) is 4.79 Å². The summed E-state index contributed by atoms with van der Waals surface area (Å²) in [5.41, 5.74) is 2.31. The molecule has 4 nitrogen and oxygen atoms in total. The van der Waals surface area contributed by atoms with Crippen LogP contribution in [0, 0.1) is 12.8 Å². The summed E-state index contributed by atoms with van der Waals surface area (Å²) in [5, 5.41) is 19.4. The normalized spacial score (nSPS) is 22.2. The van der Waals surface area contributed by atoms with Gasteiger partial charge in [-0.15, -0.1) is 0 Å². The van der Waals surface area contributed by atoms with Gasteiger partial charge in [-0.05, 0) is 48.5 Å². The van der Waals surface area contributed by atoms with Gasteiger partial charge in [0.2, 0.25) is 0 Å². The predicted octanol–water partition coefficient (Wildman–Crippen LogP) is 1.22. The first-order valence-electron chi connectivity index (χ1n) is 6.76. The van der Waals surface area contributed by atoms with Gasteiger partial charge in [0.05, 0.1) is 6.10 Å². The van der Waals surface area contributed by atoms with Crippen LogP contribution in [0.2, 0.25) is 0 Å². The minimum absolute atomic E-state index is 0.116. The summed E-state index contributed by atoms with van der Waals surface area (Å²) in [6.45, 7) is 1.86. The summed E-state index contributed by atoms with van der Waals surface area (Å²) in [6.07, 6.45) is 3.04. The Labute approximate surface area is 112 Å². The lowest BCUT2D eigenvalue weighted by Gasteiger charge is -2.25. The molecule has 5 heteroatoms. The first kappa shape index (κ1) is 12.7. The highest BCUT2D eigenvalue weighted by Gasteiger charge is 2.39. The molecule has 1 fully saturated rings. The summed E-state index contributed by atoms with van der Waals surface area (Å²) in [4.78, 5) is 12.1. The van der Waals surface area contributed by atoms with Gasteiger partial charge in [0.1, 0.15) is 11.5 Å². The monoisotopic (exact) mass is 260 g/mol. The smallest absolute Gasteiger partial charge is 0.492 e. The number of aromatic hydroxyl groups is 1. The quantitative estimate of drug-likeness (QED) is 0.802. The van der Waals surface area contributed by atoms with Crippen LogP contribution in [0.1, 0.15) is 42.9 Å². The SMILES string of the molecule is Cc1cc(O)cc2c1C(CC(=O)C1CCC1)OB2O. The Morgan fingerprint density at radius 3 is 2.84 bits per heavy atom. The Balaban J connectivity index is 1.84. The van der Waals surface area contributed by atoms with E-state index in [-0.39, 0.29) is 23.6 Å². The van der Waals surface area contributed by atoms with Gasteiger partial charge < -0.3 is 14.8 Å². The molecule has 1 aliphatic carbocycles. The number of benzene rings is 1. The maximum Gasteiger partial charge on any atom is 0.492 e. The molecule has 0 saturated heterocycles. The van der Waals surface area contributed by atoms with Crippen LogP contribution in [0.4, 0.5) is 0 Å². The first-order chi connectivity index (χ1) is 9.06. The Morgan fingerprint density at radius 1 is 1.47 bits per heavy atom. The third-order valence-electron chi connectivity index (χ3n) is 4.23. The van der Waals surface area contributed by atoms with E-state index in [1.54, 1.807) is 6.07 Å². The van der Waals surface area contributed by atoms with Crippen molar-refractivity contribution in [1.29, 1.82) is 0 Å². The second-order valence-corrected chi connectivity index (χ2v) is 5.54. The van der Waals surface area contributed by atoms with Crippen LogP contribution in [-0.2, 0) is 9.45 Å². The van der Waals surface area contributed by atoms with Crippen molar-refractivity contribution in [1.82, 2.24) is 0 Å². The number of ketones is 1. The maximum absolute atomic E-state index is 12.1. The molecule has 0 aromatic heterocycles. The molecule has 2 aliphatic rings. The number of hydrogen-bond donors (Lipinski definition) is 2. The topological polar surface area (TPSA) is 66.8 Å². The van der Waals surface area contributed by atoms with Crippen LogP contribution < -0.4 is 5.46 Å². The van der Waals surface area contributed by atoms with Crippen molar-refractivity contribution in [2.45, 2.75) is 38.7 Å². The molecule has 1 heterocycles. The van der Waals surface area contributed by atoms with Gasteiger partial charge in [-0.25, -0.2) is 0 Å². The van der Waals surface area contributed by atoms with Crippen LogP contribution in [-0.4, -0.2) is 23.0 Å². The largest absolute Gasteiger partial charge is 0.508 e. The lowest BCUT2D eigenvalue weighted by Crippen LogP contribution is -2.28. The molecule has 0 radical (unpaired) electrons. The average molecular weight is 260 g/mol. The number of carbonyl (C=O) groups excluding carboxylic acids is 1. The third-order valence-corrected chi connectivity index (χ3v) is 4.23. The Morgan fingerprint density at radius 2 is 2.21 bits per heavy atom. The number of aryl methyl sites for hydroxylation is 1. The molecular weight excluding hydrogens is 243 g/mol. The maximum atomic E-state index is 12.1. The van der Waals surface area contributed by atoms with Crippen LogP contribution >= 0.6 is 0 Å². The van der Waals surface area contributed by atoms with Gasteiger partial charge in [-0.1, -0.05) is 6.42 Å². The number of carbonyl (C=O) groups is 1. The van der Waals surface area contributed by atoms with Crippen molar-refractivity contribution in [3.8, 4) is 5.75 Å². The molecule has 100 valence electrons. The minimum atomic E-state index is -1.04. The summed E-state index contributed by atoms with van der Waals surface area (Å²) in [6, 6.07) is 3.15. The Bertz CT molecular complexity index is 524. The van der Waals surface area contributed by atoms with Crippen LogP contribution in [0.3, 0.4) is 0 Å². The van der Waals surface area contributed by atoms with Crippen molar-refractivity contribution >= 4 is 18.4 Å². The molecule has 1 aliphatic heterocycles. The summed E-state index contributed by atoms with van der Waals surface area (Å²) < 4.78 is 5.48. The highest BCUT2D eigenvalue weighted by Crippen LogP contribution is 2.35. The van der Waals surface area contributed by atoms with E-state index < -0.39 is 7.12 Å². The number of hydrogen-bond acceptors (Lipinski definition) is 4. The highest BCUT2D eigenvalue weighted by molar-refractivity contribution is 6.62. The lowest BCUT2D eigenvalue weighted by atomic mass is 9.76. The van der Waals surface area contributed by atoms with Crippen molar-refractivity contribution < 1.29 is 19.6 Å². The Hall–Kier alpha value is -1.33. The van der Waals surface area contributed by atoms with E-state index in [9.17, 15) is 14.9 Å². The number of Topliss-reactive ketones (excluding diaryl/α,β-unsaturated/α-hetero) is 1. The molecule has 19 heavy (non-hydrogen) atoms. The third kappa shape index (κ3) is 2.17. The zero-order valence-electron chi connectivity index (χ0n) is 10.9. The summed E-state index contributed by atoms with van der Waals surface area (Å²) in [5.74, 6) is 0.524. The van der Waals surface area contributed by atoms with Gasteiger partial charge in [0, 0.05) is 12.3 Å². The van der Waals surface area contributed by atoms with E-state index >= 15 is 0 Å². The molecule has 1 aromatic carbocycles. The van der Waals surface area contributed by atoms with Crippen molar-refractivity contribution in [2.24, 2.45) is 5.92 Å². The molecule has 2 N–H and O–H groups in total. The molecule has 1 saturated carbocycles. The van der Waals surface area contributed by atoms with E-state index in [0.29, 0.717) is 11.9 Å². The van der Waals surface area contributed by atoms with E-state index in [2.05, 4.69) is 0 Å². The van der Waals surface area contributed by atoms with Crippen molar-refractivity contribution in [2.75, 3.05) is 0 Å². The molecule has 0 bridgehead atoms. The molecule has 0 amide bonds. The molecule has 1 atom stereocenters. The van der Waals surface area contributed by atoms with Crippen LogP contribution in [0.5, 0.6) is 5.75 Å². The van der Waals surface area contributed by atoms with Gasteiger partial charge in [-0.2, -0.15) is 0 Å². The molecule has 0 spiro atoms. The number of phenolic OH excluding ortho intramolecular Hbond substituents is 1. The molecule has 1 aromatic rings. The zero-order valence-corrected chi connectivity index (χ0v) is 10.9. The summed E-state index contributed by atoms with van der Waals surface area (Å²) in [7, 11) is -1.04. The second-order valence-electron chi connectivity index (χ2n) is 5.54. The minimum Gasteiger partial charge on any atom is -0.508 e. The van der Waals surface area contributed by atoms with Crippen molar-refractivity contribution in [3.63, 3.8) is 0 Å². The molecule has 1 unspecified atom stereocenters.